The Bertz CT molecular complexity index is 412. The Morgan fingerprint density at radius 1 is 1.26 bits per heavy atom. The molecule has 1 aromatic carbocycles. The van der Waals surface area contributed by atoms with Gasteiger partial charge in [0.05, 0.1) is 0 Å². The molecule has 3 heteroatoms. The van der Waals surface area contributed by atoms with E-state index in [0.29, 0.717) is 0 Å². The average molecular weight is 259 g/mol. The van der Waals surface area contributed by atoms with Crippen LogP contribution in [0.3, 0.4) is 0 Å². The fraction of sp³-hybridized carbons (Fsp3) is 0.625. The van der Waals surface area contributed by atoms with Crippen LogP contribution in [-0.4, -0.2) is 62.7 Å². The predicted octanol–water partition coefficient (Wildman–Crippen LogP) is 1.16. The van der Waals surface area contributed by atoms with E-state index in [1.807, 2.05) is 0 Å². The van der Waals surface area contributed by atoms with E-state index in [1.165, 1.54) is 39.1 Å². The van der Waals surface area contributed by atoms with Gasteiger partial charge in [-0.05, 0) is 24.6 Å². The van der Waals surface area contributed by atoms with Crippen molar-refractivity contribution in [2.45, 2.75) is 12.3 Å². The summed E-state index contributed by atoms with van der Waals surface area (Å²) < 4.78 is 0. The third kappa shape index (κ3) is 3.16. The molecule has 1 unspecified atom stereocenters. The van der Waals surface area contributed by atoms with Gasteiger partial charge >= 0.3 is 0 Å². The van der Waals surface area contributed by atoms with Crippen molar-refractivity contribution < 1.29 is 0 Å². The SMILES string of the molecule is CN(CCN1CCNCC1)CC1Cc2ccccc21. The maximum atomic E-state index is 3.41. The molecular formula is C16H25N3. The summed E-state index contributed by atoms with van der Waals surface area (Å²) >= 11 is 0. The lowest BCUT2D eigenvalue weighted by Crippen LogP contribution is -2.46. The van der Waals surface area contributed by atoms with Crippen LogP contribution in [0.2, 0.25) is 0 Å². The summed E-state index contributed by atoms with van der Waals surface area (Å²) in [7, 11) is 2.27. The number of fused-ring (bicyclic) bond motifs is 1. The summed E-state index contributed by atoms with van der Waals surface area (Å²) in [6, 6.07) is 8.90. The van der Waals surface area contributed by atoms with Crippen molar-refractivity contribution in [2.24, 2.45) is 0 Å². The van der Waals surface area contributed by atoms with Crippen molar-refractivity contribution in [2.75, 3.05) is 52.9 Å². The monoisotopic (exact) mass is 259 g/mol. The van der Waals surface area contributed by atoms with Crippen LogP contribution in [0.15, 0.2) is 24.3 Å². The first kappa shape index (κ1) is 13.1. The van der Waals surface area contributed by atoms with Crippen molar-refractivity contribution in [1.82, 2.24) is 15.1 Å². The first-order chi connectivity index (χ1) is 9.33. The van der Waals surface area contributed by atoms with E-state index in [-0.39, 0.29) is 0 Å². The molecule has 1 saturated heterocycles. The molecule has 2 aliphatic rings. The van der Waals surface area contributed by atoms with Gasteiger partial charge in [-0.1, -0.05) is 24.3 Å². The van der Waals surface area contributed by atoms with Gasteiger partial charge in [0.2, 0.25) is 0 Å². The summed E-state index contributed by atoms with van der Waals surface area (Å²) in [5, 5.41) is 3.41. The zero-order valence-electron chi connectivity index (χ0n) is 11.9. The van der Waals surface area contributed by atoms with Crippen molar-refractivity contribution in [3.63, 3.8) is 0 Å². The highest BCUT2D eigenvalue weighted by molar-refractivity contribution is 5.40. The van der Waals surface area contributed by atoms with Gasteiger partial charge in [0.1, 0.15) is 0 Å². The number of piperazine rings is 1. The number of hydrogen-bond acceptors (Lipinski definition) is 3. The third-order valence-electron chi connectivity index (χ3n) is 4.50. The van der Waals surface area contributed by atoms with E-state index in [0.717, 1.165) is 19.0 Å². The van der Waals surface area contributed by atoms with Crippen LogP contribution < -0.4 is 5.32 Å². The van der Waals surface area contributed by atoms with Crippen molar-refractivity contribution in [3.8, 4) is 0 Å². The van der Waals surface area contributed by atoms with E-state index in [2.05, 4.69) is 46.4 Å². The molecule has 104 valence electrons. The second kappa shape index (κ2) is 6.04. The topological polar surface area (TPSA) is 18.5 Å². The highest BCUT2D eigenvalue weighted by Crippen LogP contribution is 2.34. The number of nitrogens with zero attached hydrogens (tertiary/aromatic N) is 2. The highest BCUT2D eigenvalue weighted by Gasteiger charge is 2.26. The Morgan fingerprint density at radius 3 is 2.84 bits per heavy atom. The second-order valence-corrected chi connectivity index (χ2v) is 5.95. The molecule has 1 fully saturated rings. The van der Waals surface area contributed by atoms with Gasteiger partial charge in [-0.25, -0.2) is 0 Å². The van der Waals surface area contributed by atoms with Crippen LogP contribution in [-0.2, 0) is 6.42 Å². The summed E-state index contributed by atoms with van der Waals surface area (Å²) in [5.74, 6) is 0.768. The van der Waals surface area contributed by atoms with Gasteiger partial charge in [-0.3, -0.25) is 4.90 Å². The number of likely N-dealkylation sites (N-methyl/N-ethyl adjacent to an activating group) is 1. The van der Waals surface area contributed by atoms with Crippen LogP contribution in [0.4, 0.5) is 0 Å². The molecule has 0 aromatic heterocycles. The quantitative estimate of drug-likeness (QED) is 0.856. The predicted molar refractivity (Wildman–Crippen MR) is 79.7 cm³/mol. The number of nitrogens with one attached hydrogen (secondary N) is 1. The molecule has 1 aromatic rings. The van der Waals surface area contributed by atoms with E-state index < -0.39 is 0 Å². The molecular weight excluding hydrogens is 234 g/mol. The standard InChI is InChI=1S/C16H25N3/c1-18(10-11-19-8-6-17-7-9-19)13-15-12-14-4-2-3-5-16(14)15/h2-5,15,17H,6-13H2,1H3. The molecule has 0 radical (unpaired) electrons. The third-order valence-corrected chi connectivity index (χ3v) is 4.50. The average Bonchev–Trinajstić information content (AvgIpc) is 2.44. The zero-order valence-corrected chi connectivity index (χ0v) is 11.9. The Morgan fingerprint density at radius 2 is 2.05 bits per heavy atom. The van der Waals surface area contributed by atoms with Gasteiger partial charge < -0.3 is 10.2 Å². The number of benzene rings is 1. The van der Waals surface area contributed by atoms with Gasteiger partial charge in [0, 0.05) is 51.7 Å². The molecule has 19 heavy (non-hydrogen) atoms. The molecule has 0 bridgehead atoms. The number of hydrogen-bond donors (Lipinski definition) is 1. The maximum absolute atomic E-state index is 3.41. The minimum Gasteiger partial charge on any atom is -0.314 e. The van der Waals surface area contributed by atoms with Crippen LogP contribution in [0.1, 0.15) is 17.0 Å². The Labute approximate surface area is 116 Å². The Balaban J connectivity index is 1.41. The minimum atomic E-state index is 0.768. The molecule has 0 saturated carbocycles. The lowest BCUT2D eigenvalue weighted by Gasteiger charge is -2.34. The zero-order chi connectivity index (χ0) is 13.1. The van der Waals surface area contributed by atoms with E-state index in [4.69, 9.17) is 0 Å². The van der Waals surface area contributed by atoms with Gasteiger partial charge in [0.15, 0.2) is 0 Å². The fourth-order valence-electron chi connectivity index (χ4n) is 3.24. The molecule has 1 aliphatic heterocycles. The summed E-state index contributed by atoms with van der Waals surface area (Å²) in [6.07, 6.45) is 1.27. The molecule has 1 atom stereocenters. The Kier molecular flexibility index (Phi) is 4.16. The smallest absolute Gasteiger partial charge is 0.0110 e. The van der Waals surface area contributed by atoms with Crippen LogP contribution in [0, 0.1) is 0 Å². The maximum Gasteiger partial charge on any atom is 0.0110 e. The molecule has 3 nitrogen and oxygen atoms in total. The van der Waals surface area contributed by atoms with Crippen LogP contribution in [0.5, 0.6) is 0 Å². The molecule has 1 heterocycles. The van der Waals surface area contributed by atoms with Crippen LogP contribution in [0.25, 0.3) is 0 Å². The van der Waals surface area contributed by atoms with Crippen molar-refractivity contribution in [3.05, 3.63) is 35.4 Å². The lowest BCUT2D eigenvalue weighted by molar-refractivity contribution is 0.198. The molecule has 0 amide bonds. The van der Waals surface area contributed by atoms with Gasteiger partial charge in [-0.15, -0.1) is 0 Å². The second-order valence-electron chi connectivity index (χ2n) is 5.95. The summed E-state index contributed by atoms with van der Waals surface area (Å²) in [5.41, 5.74) is 3.14. The normalized spacial score (nSPS) is 23.2. The van der Waals surface area contributed by atoms with Crippen LogP contribution >= 0.6 is 0 Å². The fourth-order valence-corrected chi connectivity index (χ4v) is 3.24. The molecule has 3 rings (SSSR count). The van der Waals surface area contributed by atoms with Gasteiger partial charge in [-0.2, -0.15) is 0 Å². The summed E-state index contributed by atoms with van der Waals surface area (Å²) in [6.45, 7) is 8.34. The number of rotatable bonds is 5. The first-order valence-corrected chi connectivity index (χ1v) is 7.52. The summed E-state index contributed by atoms with van der Waals surface area (Å²) in [4.78, 5) is 5.07. The van der Waals surface area contributed by atoms with E-state index >= 15 is 0 Å². The molecule has 1 aliphatic carbocycles. The Hall–Kier alpha value is -0.900. The highest BCUT2D eigenvalue weighted by atomic mass is 15.2. The lowest BCUT2D eigenvalue weighted by atomic mass is 9.77. The van der Waals surface area contributed by atoms with Gasteiger partial charge in [0.25, 0.3) is 0 Å². The van der Waals surface area contributed by atoms with E-state index in [1.54, 1.807) is 11.1 Å². The van der Waals surface area contributed by atoms with Crippen molar-refractivity contribution >= 4 is 0 Å². The van der Waals surface area contributed by atoms with Crippen molar-refractivity contribution in [1.29, 1.82) is 0 Å². The first-order valence-electron chi connectivity index (χ1n) is 7.52. The van der Waals surface area contributed by atoms with E-state index in [9.17, 15) is 0 Å². The molecule has 1 N–H and O–H groups in total. The largest absolute Gasteiger partial charge is 0.314 e. The molecule has 0 spiro atoms. The minimum absolute atomic E-state index is 0.768.